The Balaban J connectivity index is 1.96. The zero-order valence-electron chi connectivity index (χ0n) is 23.9. The number of hydrogen-bond acceptors (Lipinski definition) is 2. The molecule has 0 atom stereocenters. The maximum Gasteiger partial charge on any atom is 0.245 e. The van der Waals surface area contributed by atoms with Crippen LogP contribution in [-0.4, -0.2) is 22.9 Å². The van der Waals surface area contributed by atoms with Crippen molar-refractivity contribution in [2.24, 2.45) is 0 Å². The molecule has 1 aliphatic heterocycles. The Morgan fingerprint density at radius 1 is 0.528 bits per heavy atom. The predicted molar refractivity (Wildman–Crippen MR) is 174 cm³/mol. The summed E-state index contributed by atoms with van der Waals surface area (Å²) in [6, 6.07) is 15.0. The van der Waals surface area contributed by atoms with Crippen molar-refractivity contribution in [3.8, 4) is 20.9 Å². The van der Waals surface area contributed by atoms with Gasteiger partial charge >= 0.3 is 0 Å². The van der Waals surface area contributed by atoms with Crippen LogP contribution in [0.3, 0.4) is 0 Å². The molecule has 5 rings (SSSR count). The van der Waals surface area contributed by atoms with Crippen LogP contribution in [0.2, 0.25) is 39.3 Å². The summed E-state index contributed by atoms with van der Waals surface area (Å²) in [6.07, 6.45) is 0. The maximum atomic E-state index is 2.62. The van der Waals surface area contributed by atoms with Crippen LogP contribution in [0.5, 0.6) is 0 Å². The monoisotopic (exact) mass is 542 g/mol. The molecule has 0 radical (unpaired) electrons. The first-order chi connectivity index (χ1) is 16.7. The molecule has 0 N–H and O–H groups in total. The summed E-state index contributed by atoms with van der Waals surface area (Å²) in [7, 11) is -2.93. The topological polar surface area (TPSA) is 0 Å². The van der Waals surface area contributed by atoms with Gasteiger partial charge in [-0.05, 0) is 66.9 Å². The number of fused-ring (bicyclic) bond motifs is 5. The lowest BCUT2D eigenvalue weighted by Crippen LogP contribution is -2.54. The zero-order chi connectivity index (χ0) is 26.3. The lowest BCUT2D eigenvalue weighted by Gasteiger charge is -2.20. The molecule has 0 spiro atoms. The Kier molecular flexibility index (Phi) is 6.27. The summed E-state index contributed by atoms with van der Waals surface area (Å²) in [5.41, 5.74) is 14.5. The van der Waals surface area contributed by atoms with Crippen LogP contribution in [0.15, 0.2) is 36.4 Å². The Labute approximate surface area is 228 Å². The molecule has 1 aliphatic rings. The molecule has 186 valence electrons. The minimum absolute atomic E-state index is 0.284. The van der Waals surface area contributed by atoms with E-state index in [9.17, 15) is 0 Å². The number of rotatable bonds is 3. The molecule has 0 nitrogen and oxygen atoms in total. The van der Waals surface area contributed by atoms with Crippen LogP contribution in [0.1, 0.15) is 27.8 Å². The fraction of sp³-hybridized carbons (Fsp3) is 0.355. The van der Waals surface area contributed by atoms with Crippen molar-refractivity contribution in [2.45, 2.75) is 73.9 Å². The second-order valence-corrected chi connectivity index (χ2v) is 25.9. The van der Waals surface area contributed by atoms with Crippen molar-refractivity contribution in [1.82, 2.24) is 0 Å². The quantitative estimate of drug-likeness (QED) is 0.225. The van der Waals surface area contributed by atoms with Gasteiger partial charge in [-0.25, -0.2) is 0 Å². The number of benzene rings is 2. The fourth-order valence-electron chi connectivity index (χ4n) is 5.72. The van der Waals surface area contributed by atoms with Gasteiger partial charge in [0.1, 0.15) is 0 Å². The second kappa shape index (κ2) is 8.69. The van der Waals surface area contributed by atoms with Gasteiger partial charge in [-0.3, -0.25) is 0 Å². The van der Waals surface area contributed by atoms with Crippen LogP contribution in [0, 0.1) is 34.6 Å². The van der Waals surface area contributed by atoms with E-state index in [0.717, 1.165) is 0 Å². The number of thiophene rings is 2. The normalized spacial score (nSPS) is 13.4. The molecule has 3 heterocycles. The number of hydrogen-bond donors (Lipinski definition) is 0. The first-order valence-corrected chi connectivity index (χ1v) is 21.8. The highest BCUT2D eigenvalue weighted by molar-refractivity contribution is 7.33. The van der Waals surface area contributed by atoms with E-state index in [1.807, 2.05) is 0 Å². The van der Waals surface area contributed by atoms with Crippen molar-refractivity contribution in [3.63, 3.8) is 0 Å². The average Bonchev–Trinajstić information content (AvgIpc) is 3.35. The van der Waals surface area contributed by atoms with Crippen molar-refractivity contribution in [3.05, 3.63) is 64.2 Å². The van der Waals surface area contributed by atoms with Crippen LogP contribution >= 0.6 is 22.7 Å². The van der Waals surface area contributed by atoms with E-state index in [2.05, 4.69) is 133 Å². The highest BCUT2D eigenvalue weighted by atomic mass is 32.1. The first-order valence-electron chi connectivity index (χ1n) is 13.1. The van der Waals surface area contributed by atoms with Gasteiger partial charge in [0, 0.05) is 20.9 Å². The molecule has 0 unspecified atom stereocenters. The molecule has 0 aliphatic carbocycles. The van der Waals surface area contributed by atoms with Gasteiger partial charge in [-0.15, -0.1) is 22.7 Å². The Bertz CT molecular complexity index is 1400. The van der Waals surface area contributed by atoms with Crippen molar-refractivity contribution in [1.29, 1.82) is 0 Å². The zero-order valence-corrected chi connectivity index (χ0v) is 27.5. The molecular weight excluding hydrogens is 503 g/mol. The van der Waals surface area contributed by atoms with Crippen molar-refractivity contribution in [2.75, 3.05) is 0 Å². The standard InChI is InChI=1S/C31H39BS2Si2/c1-18-12-21(4)29(22(5)13-18)32-25-16-27(35(6,7)8)33-30(25)23-14-19(2)20(3)15-24(23)31-26(32)17-28(34-31)36(9,10)11/h12-17H,1-11H3. The molecule has 2 aromatic heterocycles. The van der Waals surface area contributed by atoms with Crippen LogP contribution in [0.25, 0.3) is 20.9 Å². The van der Waals surface area contributed by atoms with Crippen LogP contribution in [0.4, 0.5) is 0 Å². The summed E-state index contributed by atoms with van der Waals surface area (Å²) >= 11 is 4.17. The fourth-order valence-corrected chi connectivity index (χ4v) is 11.9. The van der Waals surface area contributed by atoms with Crippen LogP contribution < -0.4 is 25.4 Å². The van der Waals surface area contributed by atoms with Gasteiger partial charge in [-0.2, -0.15) is 0 Å². The van der Waals surface area contributed by atoms with Crippen molar-refractivity contribution < 1.29 is 0 Å². The van der Waals surface area contributed by atoms with Gasteiger partial charge in [0.2, 0.25) is 6.71 Å². The molecule has 0 saturated heterocycles. The molecule has 0 fully saturated rings. The van der Waals surface area contributed by atoms with Gasteiger partial charge in [0.25, 0.3) is 0 Å². The Morgan fingerprint density at radius 3 is 1.28 bits per heavy atom. The van der Waals surface area contributed by atoms with E-state index in [1.54, 1.807) is 9.00 Å². The minimum atomic E-state index is -1.47. The highest BCUT2D eigenvalue weighted by Gasteiger charge is 2.38. The summed E-state index contributed by atoms with van der Waals surface area (Å²) < 4.78 is 3.24. The van der Waals surface area contributed by atoms with Gasteiger partial charge in [-0.1, -0.05) is 96.6 Å². The molecule has 5 heteroatoms. The molecule has 36 heavy (non-hydrogen) atoms. The largest absolute Gasteiger partial charge is 0.245 e. The molecule has 0 saturated carbocycles. The van der Waals surface area contributed by atoms with Gasteiger partial charge < -0.3 is 0 Å². The van der Waals surface area contributed by atoms with E-state index in [-0.39, 0.29) is 6.71 Å². The third kappa shape index (κ3) is 4.26. The maximum absolute atomic E-state index is 2.62. The van der Waals surface area contributed by atoms with E-state index in [1.165, 1.54) is 65.1 Å². The highest BCUT2D eigenvalue weighted by Crippen LogP contribution is 2.40. The smallest absolute Gasteiger partial charge is 0.146 e. The SMILES string of the molecule is Cc1cc(C)c(B2c3cc([Si](C)(C)C)sc3-c3cc(C)c(C)cc3-c3sc([Si](C)(C)C)cc32)c(C)c1. The molecule has 2 aromatic carbocycles. The number of aryl methyl sites for hydroxylation is 5. The van der Waals surface area contributed by atoms with Crippen LogP contribution in [-0.2, 0) is 0 Å². The van der Waals surface area contributed by atoms with E-state index < -0.39 is 16.1 Å². The third-order valence-electron chi connectivity index (χ3n) is 7.77. The van der Waals surface area contributed by atoms with E-state index in [0.29, 0.717) is 0 Å². The van der Waals surface area contributed by atoms with Gasteiger partial charge in [0.05, 0.1) is 16.1 Å². The van der Waals surface area contributed by atoms with E-state index >= 15 is 0 Å². The second-order valence-electron chi connectivity index (χ2n) is 13.0. The molecular formula is C31H39BS2Si2. The van der Waals surface area contributed by atoms with E-state index in [4.69, 9.17) is 0 Å². The molecule has 4 aromatic rings. The van der Waals surface area contributed by atoms with Crippen molar-refractivity contribution >= 4 is 70.9 Å². The predicted octanol–water partition coefficient (Wildman–Crippen LogP) is 6.61. The summed E-state index contributed by atoms with van der Waals surface area (Å²) in [5.74, 6) is 0. The Hall–Kier alpha value is -1.66. The average molecular weight is 543 g/mol. The first kappa shape index (κ1) is 26.0. The summed E-state index contributed by atoms with van der Waals surface area (Å²) in [4.78, 5) is 3.01. The van der Waals surface area contributed by atoms with Gasteiger partial charge in [0.15, 0.2) is 0 Å². The summed E-state index contributed by atoms with van der Waals surface area (Å²) in [6.45, 7) is 26.7. The molecule has 0 bridgehead atoms. The third-order valence-corrected chi connectivity index (χ3v) is 17.3. The Morgan fingerprint density at radius 2 is 0.917 bits per heavy atom. The summed E-state index contributed by atoms with van der Waals surface area (Å²) in [5, 5.41) is 0. The lowest BCUT2D eigenvalue weighted by atomic mass is 9.35. The minimum Gasteiger partial charge on any atom is -0.146 e. The lowest BCUT2D eigenvalue weighted by molar-refractivity contribution is 1.35. The molecule has 0 amide bonds.